The Morgan fingerprint density at radius 3 is 1.29 bits per heavy atom. The SMILES string of the molecule is OC(O)(F)c1ccccc1C(O)(O)F. The van der Waals surface area contributed by atoms with Gasteiger partial charge in [-0.3, -0.25) is 0 Å². The van der Waals surface area contributed by atoms with Crippen molar-refractivity contribution in [3.8, 4) is 0 Å². The minimum Gasteiger partial charge on any atom is -0.336 e. The first-order valence-electron chi connectivity index (χ1n) is 3.60. The summed E-state index contributed by atoms with van der Waals surface area (Å²) in [6.45, 7) is 0. The third-order valence-corrected chi connectivity index (χ3v) is 1.61. The monoisotopic (exact) mass is 206 g/mol. The highest BCUT2D eigenvalue weighted by Crippen LogP contribution is 2.30. The highest BCUT2D eigenvalue weighted by Gasteiger charge is 2.36. The van der Waals surface area contributed by atoms with E-state index >= 15 is 0 Å². The molecule has 0 radical (unpaired) electrons. The molecule has 4 N–H and O–H groups in total. The molecule has 0 atom stereocenters. The second-order valence-corrected chi connectivity index (χ2v) is 2.72. The van der Waals surface area contributed by atoms with Gasteiger partial charge in [0.25, 0.3) is 0 Å². The molecule has 6 heteroatoms. The Balaban J connectivity index is 3.31. The van der Waals surface area contributed by atoms with Crippen LogP contribution in [-0.2, 0) is 12.1 Å². The summed E-state index contributed by atoms with van der Waals surface area (Å²) in [7, 11) is 0. The third-order valence-electron chi connectivity index (χ3n) is 1.61. The molecule has 0 amide bonds. The smallest absolute Gasteiger partial charge is 0.336 e. The lowest BCUT2D eigenvalue weighted by molar-refractivity contribution is -0.290. The van der Waals surface area contributed by atoms with Gasteiger partial charge in [-0.1, -0.05) is 24.3 Å². The Morgan fingerprint density at radius 1 is 0.786 bits per heavy atom. The van der Waals surface area contributed by atoms with E-state index in [1.165, 1.54) is 12.1 Å². The Hall–Kier alpha value is -1.08. The van der Waals surface area contributed by atoms with Crippen LogP contribution in [0.15, 0.2) is 24.3 Å². The van der Waals surface area contributed by atoms with Crippen LogP contribution in [0.2, 0.25) is 0 Å². The summed E-state index contributed by atoms with van der Waals surface area (Å²) in [4.78, 5) is 0. The van der Waals surface area contributed by atoms with Crippen molar-refractivity contribution in [2.45, 2.75) is 12.1 Å². The molecule has 0 fully saturated rings. The van der Waals surface area contributed by atoms with Crippen molar-refractivity contribution in [2.24, 2.45) is 0 Å². The van der Waals surface area contributed by atoms with Gasteiger partial charge < -0.3 is 20.4 Å². The van der Waals surface area contributed by atoms with Gasteiger partial charge in [0.1, 0.15) is 0 Å². The van der Waals surface area contributed by atoms with Crippen molar-refractivity contribution in [1.82, 2.24) is 0 Å². The molecule has 1 aromatic carbocycles. The molecule has 0 aliphatic rings. The number of hydrogen-bond acceptors (Lipinski definition) is 4. The summed E-state index contributed by atoms with van der Waals surface area (Å²) in [6, 6.07) is -3.64. The van der Waals surface area contributed by atoms with E-state index in [0.29, 0.717) is 0 Å². The fourth-order valence-corrected chi connectivity index (χ4v) is 1.04. The van der Waals surface area contributed by atoms with Crippen molar-refractivity contribution >= 4 is 0 Å². The second kappa shape index (κ2) is 3.25. The van der Waals surface area contributed by atoms with Crippen molar-refractivity contribution < 1.29 is 29.2 Å². The Kier molecular flexibility index (Phi) is 2.55. The van der Waals surface area contributed by atoms with Crippen LogP contribution < -0.4 is 0 Å². The maximum Gasteiger partial charge on any atom is 0.344 e. The van der Waals surface area contributed by atoms with Gasteiger partial charge in [0, 0.05) is 0 Å². The average Bonchev–Trinajstić information content (AvgIpc) is 2.01. The number of alkyl halides is 2. The van der Waals surface area contributed by atoms with E-state index in [1.54, 1.807) is 0 Å². The lowest BCUT2D eigenvalue weighted by Gasteiger charge is -2.20. The van der Waals surface area contributed by atoms with E-state index in [1.807, 2.05) is 0 Å². The van der Waals surface area contributed by atoms with Crippen LogP contribution >= 0.6 is 0 Å². The predicted octanol–water partition coefficient (Wildman–Crippen LogP) is -0.185. The van der Waals surface area contributed by atoms with Crippen LogP contribution in [0.25, 0.3) is 0 Å². The molecular formula is C8H8F2O4. The van der Waals surface area contributed by atoms with Gasteiger partial charge in [0.15, 0.2) is 0 Å². The molecule has 1 rings (SSSR count). The van der Waals surface area contributed by atoms with Crippen LogP contribution in [0.4, 0.5) is 8.78 Å². The van der Waals surface area contributed by atoms with Crippen molar-refractivity contribution in [3.63, 3.8) is 0 Å². The first-order chi connectivity index (χ1) is 6.23. The van der Waals surface area contributed by atoms with E-state index in [0.717, 1.165) is 12.1 Å². The highest BCUT2D eigenvalue weighted by atomic mass is 19.2. The van der Waals surface area contributed by atoms with E-state index in [2.05, 4.69) is 0 Å². The summed E-state index contributed by atoms with van der Waals surface area (Å²) in [6.07, 6.45) is 0. The zero-order valence-corrected chi connectivity index (χ0v) is 6.85. The van der Waals surface area contributed by atoms with Gasteiger partial charge >= 0.3 is 12.1 Å². The first kappa shape index (κ1) is 11.0. The zero-order chi connectivity index (χ0) is 11.0. The Labute approximate surface area is 77.7 Å². The van der Waals surface area contributed by atoms with Gasteiger partial charge in [0.2, 0.25) is 0 Å². The quantitative estimate of drug-likeness (QED) is 0.506. The molecule has 0 heterocycles. The second-order valence-electron chi connectivity index (χ2n) is 2.72. The number of benzene rings is 1. The van der Waals surface area contributed by atoms with E-state index in [9.17, 15) is 8.78 Å². The highest BCUT2D eigenvalue weighted by molar-refractivity contribution is 5.31. The van der Waals surface area contributed by atoms with Gasteiger partial charge in [-0.2, -0.15) is 8.78 Å². The first-order valence-corrected chi connectivity index (χ1v) is 3.60. The molecule has 0 saturated carbocycles. The van der Waals surface area contributed by atoms with Crippen LogP contribution in [0.5, 0.6) is 0 Å². The molecule has 0 aromatic heterocycles. The van der Waals surface area contributed by atoms with Crippen molar-refractivity contribution in [2.75, 3.05) is 0 Å². The number of rotatable bonds is 2. The minimum atomic E-state index is -3.82. The van der Waals surface area contributed by atoms with Gasteiger partial charge in [-0.05, 0) is 0 Å². The topological polar surface area (TPSA) is 80.9 Å². The molecule has 78 valence electrons. The van der Waals surface area contributed by atoms with Crippen molar-refractivity contribution in [1.29, 1.82) is 0 Å². The molecule has 0 spiro atoms. The van der Waals surface area contributed by atoms with E-state index in [-0.39, 0.29) is 0 Å². The number of halogens is 2. The molecule has 0 saturated heterocycles. The van der Waals surface area contributed by atoms with Crippen molar-refractivity contribution in [3.05, 3.63) is 35.4 Å². The number of aliphatic hydroxyl groups is 4. The third kappa shape index (κ3) is 2.24. The van der Waals surface area contributed by atoms with Crippen LogP contribution in [0.3, 0.4) is 0 Å². The Bertz CT molecular complexity index is 294. The fraction of sp³-hybridized carbons (Fsp3) is 0.250. The average molecular weight is 206 g/mol. The van der Waals surface area contributed by atoms with Crippen LogP contribution in [-0.4, -0.2) is 20.4 Å². The predicted molar refractivity (Wildman–Crippen MR) is 40.9 cm³/mol. The number of hydrogen-bond donors (Lipinski definition) is 4. The van der Waals surface area contributed by atoms with Gasteiger partial charge in [0.05, 0.1) is 11.1 Å². The standard InChI is InChI=1S/C8H8F2O4/c9-7(11,12)5-3-1-2-4-6(5)8(10,13)14/h1-4,11-14H. The van der Waals surface area contributed by atoms with Crippen LogP contribution in [0, 0.1) is 0 Å². The molecule has 0 aliphatic heterocycles. The molecule has 1 aromatic rings. The lowest BCUT2D eigenvalue weighted by atomic mass is 10.1. The molecule has 0 bridgehead atoms. The Morgan fingerprint density at radius 2 is 1.07 bits per heavy atom. The lowest BCUT2D eigenvalue weighted by Crippen LogP contribution is -2.27. The summed E-state index contributed by atoms with van der Waals surface area (Å²) in [5, 5.41) is 34.1. The summed E-state index contributed by atoms with van der Waals surface area (Å²) in [5.74, 6) is 0. The van der Waals surface area contributed by atoms with E-state index < -0.39 is 23.2 Å². The van der Waals surface area contributed by atoms with E-state index in [4.69, 9.17) is 20.4 Å². The summed E-state index contributed by atoms with van der Waals surface area (Å²) >= 11 is 0. The largest absolute Gasteiger partial charge is 0.344 e. The fourth-order valence-electron chi connectivity index (χ4n) is 1.04. The maximum atomic E-state index is 12.6. The maximum absolute atomic E-state index is 12.6. The molecular weight excluding hydrogens is 198 g/mol. The zero-order valence-electron chi connectivity index (χ0n) is 6.85. The normalized spacial score (nSPS) is 13.0. The molecule has 0 unspecified atom stereocenters. The van der Waals surface area contributed by atoms with Gasteiger partial charge in [-0.25, -0.2) is 0 Å². The summed E-state index contributed by atoms with van der Waals surface area (Å²) in [5.41, 5.74) is -1.93. The minimum absolute atomic E-state index is 0.816. The molecule has 4 nitrogen and oxygen atoms in total. The summed E-state index contributed by atoms with van der Waals surface area (Å²) < 4.78 is 25.3. The van der Waals surface area contributed by atoms with Crippen LogP contribution in [0.1, 0.15) is 11.1 Å². The molecule has 0 aliphatic carbocycles. The van der Waals surface area contributed by atoms with Gasteiger partial charge in [-0.15, -0.1) is 0 Å². The molecule has 14 heavy (non-hydrogen) atoms.